The van der Waals surface area contributed by atoms with Gasteiger partial charge in [0.1, 0.15) is 11.5 Å². The molecule has 3 rings (SSSR count). The molecule has 29 heavy (non-hydrogen) atoms. The molecule has 0 radical (unpaired) electrons. The Hall–Kier alpha value is -3.39. The van der Waals surface area contributed by atoms with E-state index in [0.717, 1.165) is 16.9 Å². The smallest absolute Gasteiger partial charge is 0.426 e. The third-order valence-corrected chi connectivity index (χ3v) is 5.03. The maximum Gasteiger partial charge on any atom is 0.426 e. The topological polar surface area (TPSA) is 81.9 Å². The van der Waals surface area contributed by atoms with E-state index < -0.39 is 12.1 Å². The van der Waals surface area contributed by atoms with E-state index in [1.54, 1.807) is 13.8 Å². The van der Waals surface area contributed by atoms with Gasteiger partial charge in [-0.15, -0.1) is 0 Å². The molecule has 2 aromatic carbocycles. The Morgan fingerprint density at radius 1 is 1.03 bits per heavy atom. The quantitative estimate of drug-likeness (QED) is 0.618. The zero-order chi connectivity index (χ0) is 20.6. The van der Waals surface area contributed by atoms with Gasteiger partial charge in [0, 0.05) is 0 Å². The Kier molecular flexibility index (Phi) is 6.80. The van der Waals surface area contributed by atoms with E-state index in [2.05, 4.69) is 10.4 Å². The highest BCUT2D eigenvalue weighted by atomic mass is 32.1. The first-order chi connectivity index (χ1) is 14.1. The molecule has 0 saturated heterocycles. The number of ether oxygens (including phenoxy) is 2. The lowest BCUT2D eigenvalue weighted by molar-refractivity contribution is 0.0530. The monoisotopic (exact) mass is 411 g/mol. The lowest BCUT2D eigenvalue weighted by atomic mass is 10.2. The second kappa shape index (κ2) is 9.70. The number of nitrogens with zero attached hydrogens (tertiary/aromatic N) is 2. The highest BCUT2D eigenvalue weighted by Gasteiger charge is 2.19. The summed E-state index contributed by atoms with van der Waals surface area (Å²) in [6.45, 7) is 3.84. The van der Waals surface area contributed by atoms with Crippen LogP contribution in [0.25, 0.3) is 0 Å². The van der Waals surface area contributed by atoms with E-state index in [9.17, 15) is 9.59 Å². The molecule has 0 saturated carbocycles. The molecule has 1 aromatic heterocycles. The number of benzene rings is 2. The number of hydrogen-bond acceptors (Lipinski definition) is 6. The molecule has 0 atom stereocenters. The fourth-order valence-electron chi connectivity index (χ4n) is 2.51. The van der Waals surface area contributed by atoms with Crippen molar-refractivity contribution in [2.45, 2.75) is 20.5 Å². The van der Waals surface area contributed by atoms with Gasteiger partial charge in [-0.25, -0.2) is 24.7 Å². The van der Waals surface area contributed by atoms with E-state index in [0.29, 0.717) is 21.1 Å². The van der Waals surface area contributed by atoms with Crippen LogP contribution in [0, 0.1) is 6.92 Å². The Morgan fingerprint density at radius 3 is 2.34 bits per heavy atom. The van der Waals surface area contributed by atoms with Gasteiger partial charge in [-0.3, -0.25) is 0 Å². The van der Waals surface area contributed by atoms with Gasteiger partial charge in [0.2, 0.25) is 4.80 Å². The van der Waals surface area contributed by atoms with Crippen LogP contribution in [0.1, 0.15) is 27.9 Å². The number of carbonyl (C=O) groups is 2. The van der Waals surface area contributed by atoms with Crippen molar-refractivity contribution in [3.8, 4) is 0 Å². The Morgan fingerprint density at radius 2 is 1.69 bits per heavy atom. The molecular formula is C21H21N3O4S. The molecule has 1 heterocycles. The molecule has 0 aliphatic rings. The van der Waals surface area contributed by atoms with Crippen molar-refractivity contribution in [3.05, 3.63) is 81.6 Å². The molecule has 7 nitrogen and oxygen atoms in total. The largest absolute Gasteiger partial charge is 0.462 e. The number of esters is 1. The summed E-state index contributed by atoms with van der Waals surface area (Å²) in [5, 5.41) is 0. The second-order valence-electron chi connectivity index (χ2n) is 5.98. The van der Waals surface area contributed by atoms with Crippen molar-refractivity contribution in [1.29, 1.82) is 0 Å². The number of rotatable bonds is 6. The van der Waals surface area contributed by atoms with E-state index >= 15 is 0 Å². The number of para-hydroxylation sites is 1. The summed E-state index contributed by atoms with van der Waals surface area (Å²) in [7, 11) is 0. The van der Waals surface area contributed by atoms with E-state index in [4.69, 9.17) is 9.47 Å². The number of thiazole rings is 1. The number of nitrogens with one attached hydrogen (secondary N) is 1. The minimum atomic E-state index is -0.653. The average Bonchev–Trinajstić information content (AvgIpc) is 3.04. The molecule has 3 aromatic rings. The van der Waals surface area contributed by atoms with Crippen LogP contribution >= 0.6 is 11.3 Å². The van der Waals surface area contributed by atoms with Gasteiger partial charge >= 0.3 is 12.1 Å². The summed E-state index contributed by atoms with van der Waals surface area (Å²) in [6, 6.07) is 18.6. The molecule has 0 aliphatic carbocycles. The third-order valence-electron chi connectivity index (χ3n) is 3.91. The lowest BCUT2D eigenvalue weighted by Gasteiger charge is -2.10. The van der Waals surface area contributed by atoms with Crippen LogP contribution in [-0.2, 0) is 16.1 Å². The first-order valence-corrected chi connectivity index (χ1v) is 9.87. The summed E-state index contributed by atoms with van der Waals surface area (Å²) < 4.78 is 11.8. The zero-order valence-corrected chi connectivity index (χ0v) is 16.9. The molecule has 150 valence electrons. The van der Waals surface area contributed by atoms with Gasteiger partial charge < -0.3 is 9.47 Å². The van der Waals surface area contributed by atoms with Gasteiger partial charge in [-0.05, 0) is 31.5 Å². The fraction of sp³-hybridized carbons (Fsp3) is 0.190. The number of hydrogen-bond donors (Lipinski definition) is 1. The van der Waals surface area contributed by atoms with Crippen LogP contribution in [-0.4, -0.2) is 23.3 Å². The second-order valence-corrected chi connectivity index (χ2v) is 6.95. The lowest BCUT2D eigenvalue weighted by Crippen LogP contribution is -2.32. The van der Waals surface area contributed by atoms with Crippen molar-refractivity contribution in [2.75, 3.05) is 12.0 Å². The predicted molar refractivity (Wildman–Crippen MR) is 111 cm³/mol. The van der Waals surface area contributed by atoms with Crippen molar-refractivity contribution < 1.29 is 19.1 Å². The van der Waals surface area contributed by atoms with E-state index in [1.807, 2.05) is 60.7 Å². The van der Waals surface area contributed by atoms with Crippen LogP contribution < -0.4 is 10.2 Å². The maximum atomic E-state index is 12.3. The van der Waals surface area contributed by atoms with Crippen LogP contribution in [0.3, 0.4) is 0 Å². The molecule has 0 fully saturated rings. The molecule has 0 bridgehead atoms. The SMILES string of the molecule is CCOC(=O)c1sc(=Nc2ccccc2)n(NC(=O)OCc2ccccc2)c1C. The zero-order valence-electron chi connectivity index (χ0n) is 16.1. The standard InChI is InChI=1S/C21H21N3O4S/c1-3-27-19(25)18-15(2)24(20(29-18)22-17-12-8-5-9-13-17)23-21(26)28-14-16-10-6-4-7-11-16/h4-13H,3,14H2,1-2H3,(H,23,26). The molecular weight excluding hydrogens is 390 g/mol. The molecule has 0 unspecified atom stereocenters. The van der Waals surface area contributed by atoms with E-state index in [1.165, 1.54) is 4.68 Å². The third kappa shape index (κ3) is 5.32. The number of carbonyl (C=O) groups excluding carboxylic acids is 2. The normalized spacial score (nSPS) is 11.2. The van der Waals surface area contributed by atoms with Crippen LogP contribution in [0.2, 0.25) is 0 Å². The van der Waals surface area contributed by atoms with Crippen molar-refractivity contribution >= 4 is 29.1 Å². The highest BCUT2D eigenvalue weighted by Crippen LogP contribution is 2.15. The molecule has 8 heteroatoms. The molecule has 1 N–H and O–H groups in total. The summed E-state index contributed by atoms with van der Waals surface area (Å²) in [5.74, 6) is -0.460. The van der Waals surface area contributed by atoms with Crippen LogP contribution in [0.5, 0.6) is 0 Å². The fourth-order valence-corrected chi connectivity index (χ4v) is 3.49. The Balaban J connectivity index is 1.88. The van der Waals surface area contributed by atoms with Gasteiger partial charge in [0.25, 0.3) is 0 Å². The predicted octanol–water partition coefficient (Wildman–Crippen LogP) is 4.15. The first-order valence-electron chi connectivity index (χ1n) is 9.05. The first kappa shape index (κ1) is 20.3. The summed E-state index contributed by atoms with van der Waals surface area (Å²) in [6.07, 6.45) is -0.653. The van der Waals surface area contributed by atoms with Gasteiger partial charge in [0.05, 0.1) is 18.0 Å². The number of aromatic nitrogens is 1. The summed E-state index contributed by atoms with van der Waals surface area (Å²) in [5.41, 5.74) is 4.73. The van der Waals surface area contributed by atoms with Gasteiger partial charge in [-0.2, -0.15) is 0 Å². The highest BCUT2D eigenvalue weighted by molar-refractivity contribution is 7.11. The Labute approximate surface area is 172 Å². The summed E-state index contributed by atoms with van der Waals surface area (Å²) in [4.78, 5) is 29.9. The van der Waals surface area contributed by atoms with Crippen LogP contribution in [0.15, 0.2) is 65.7 Å². The van der Waals surface area contributed by atoms with Gasteiger partial charge in [0.15, 0.2) is 0 Å². The molecule has 0 spiro atoms. The maximum absolute atomic E-state index is 12.3. The summed E-state index contributed by atoms with van der Waals surface area (Å²) >= 11 is 1.14. The Bertz CT molecular complexity index is 1040. The average molecular weight is 411 g/mol. The van der Waals surface area contributed by atoms with Crippen LogP contribution in [0.4, 0.5) is 10.5 Å². The van der Waals surface area contributed by atoms with Crippen molar-refractivity contribution in [2.24, 2.45) is 4.99 Å². The number of amides is 1. The van der Waals surface area contributed by atoms with Crippen molar-refractivity contribution in [1.82, 2.24) is 4.68 Å². The van der Waals surface area contributed by atoms with E-state index in [-0.39, 0.29) is 13.2 Å². The minimum absolute atomic E-state index is 0.131. The molecule has 1 amide bonds. The van der Waals surface area contributed by atoms with Gasteiger partial charge in [-0.1, -0.05) is 59.9 Å². The minimum Gasteiger partial charge on any atom is -0.462 e. The molecule has 0 aliphatic heterocycles. The van der Waals surface area contributed by atoms with Crippen molar-refractivity contribution in [3.63, 3.8) is 0 Å².